The van der Waals surface area contributed by atoms with Gasteiger partial charge in [-0.1, -0.05) is 29.8 Å². The Kier molecular flexibility index (Phi) is 7.10. The minimum absolute atomic E-state index is 0.0135. The summed E-state index contributed by atoms with van der Waals surface area (Å²) in [6, 6.07) is 7.42. The summed E-state index contributed by atoms with van der Waals surface area (Å²) in [4.78, 5) is 29.0. The number of carbonyl (C=O) groups excluding carboxylic acids is 2. The Morgan fingerprint density at radius 2 is 1.85 bits per heavy atom. The molecule has 27 heavy (non-hydrogen) atoms. The minimum atomic E-state index is -0.133. The van der Waals surface area contributed by atoms with Gasteiger partial charge in [0.15, 0.2) is 0 Å². The van der Waals surface area contributed by atoms with Crippen LogP contribution < -0.4 is 5.32 Å². The molecular weight excluding hydrogens is 366 g/mol. The molecule has 1 aromatic carbocycles. The summed E-state index contributed by atoms with van der Waals surface area (Å²) in [6.07, 6.45) is 1.62. The van der Waals surface area contributed by atoms with Gasteiger partial charge in [-0.05, 0) is 44.5 Å². The zero-order valence-electron chi connectivity index (χ0n) is 15.8. The second-order valence-corrected chi connectivity index (χ2v) is 7.71. The lowest BCUT2D eigenvalue weighted by Gasteiger charge is -2.35. The van der Waals surface area contributed by atoms with Crippen molar-refractivity contribution in [3.63, 3.8) is 0 Å². The van der Waals surface area contributed by atoms with Gasteiger partial charge in [0, 0.05) is 24.0 Å². The van der Waals surface area contributed by atoms with Crippen LogP contribution in [0.4, 0.5) is 0 Å². The van der Waals surface area contributed by atoms with Crippen molar-refractivity contribution in [3.05, 3.63) is 34.9 Å². The van der Waals surface area contributed by atoms with Crippen molar-refractivity contribution in [1.82, 2.24) is 15.1 Å². The quantitative estimate of drug-likeness (QED) is 0.832. The molecule has 2 amide bonds. The first kappa shape index (κ1) is 20.1. The SMILES string of the molecule is CC(NC(=O)CN1CCC(C(=O)N2CCOCC2)CC1)c1ccccc1Cl. The fourth-order valence-corrected chi connectivity index (χ4v) is 4.07. The molecule has 3 rings (SSSR count). The number of hydrogen-bond acceptors (Lipinski definition) is 4. The van der Waals surface area contributed by atoms with Crippen LogP contribution in [0.25, 0.3) is 0 Å². The highest BCUT2D eigenvalue weighted by atomic mass is 35.5. The molecule has 2 fully saturated rings. The first-order chi connectivity index (χ1) is 13.0. The number of carbonyl (C=O) groups is 2. The fourth-order valence-electron chi connectivity index (χ4n) is 3.77. The van der Waals surface area contributed by atoms with Gasteiger partial charge in [-0.2, -0.15) is 0 Å². The van der Waals surface area contributed by atoms with Crippen LogP contribution in [0.3, 0.4) is 0 Å². The predicted molar refractivity (Wildman–Crippen MR) is 105 cm³/mol. The van der Waals surface area contributed by atoms with E-state index in [2.05, 4.69) is 10.2 Å². The molecule has 0 radical (unpaired) electrons. The topological polar surface area (TPSA) is 61.9 Å². The highest BCUT2D eigenvalue weighted by molar-refractivity contribution is 6.31. The average Bonchev–Trinajstić information content (AvgIpc) is 2.69. The normalized spacial score (nSPS) is 20.3. The van der Waals surface area contributed by atoms with E-state index in [1.54, 1.807) is 0 Å². The highest BCUT2D eigenvalue weighted by Crippen LogP contribution is 2.23. The monoisotopic (exact) mass is 393 g/mol. The van der Waals surface area contributed by atoms with Crippen molar-refractivity contribution in [2.45, 2.75) is 25.8 Å². The molecule has 1 unspecified atom stereocenters. The summed E-state index contributed by atoms with van der Waals surface area (Å²) in [5.41, 5.74) is 0.919. The molecule has 148 valence electrons. The Labute approximate surface area is 165 Å². The maximum Gasteiger partial charge on any atom is 0.234 e. The van der Waals surface area contributed by atoms with Crippen LogP contribution in [0.15, 0.2) is 24.3 Å². The first-order valence-electron chi connectivity index (χ1n) is 9.67. The van der Waals surface area contributed by atoms with Gasteiger partial charge in [-0.15, -0.1) is 0 Å². The summed E-state index contributed by atoms with van der Waals surface area (Å²) in [6.45, 7) is 6.49. The third-order valence-electron chi connectivity index (χ3n) is 5.38. The van der Waals surface area contributed by atoms with Crippen LogP contribution in [0.2, 0.25) is 5.02 Å². The van der Waals surface area contributed by atoms with E-state index >= 15 is 0 Å². The van der Waals surface area contributed by atoms with Crippen molar-refractivity contribution < 1.29 is 14.3 Å². The third kappa shape index (κ3) is 5.43. The van der Waals surface area contributed by atoms with Crippen LogP contribution in [0.1, 0.15) is 31.4 Å². The third-order valence-corrected chi connectivity index (χ3v) is 5.72. The van der Waals surface area contributed by atoms with Gasteiger partial charge in [-0.3, -0.25) is 14.5 Å². The van der Waals surface area contributed by atoms with Crippen LogP contribution in [-0.2, 0) is 14.3 Å². The smallest absolute Gasteiger partial charge is 0.234 e. The van der Waals surface area contributed by atoms with E-state index in [9.17, 15) is 9.59 Å². The van der Waals surface area contributed by atoms with E-state index in [0.717, 1.165) is 31.5 Å². The number of nitrogens with one attached hydrogen (secondary N) is 1. The molecular formula is C20H28ClN3O3. The lowest BCUT2D eigenvalue weighted by atomic mass is 9.95. The fraction of sp³-hybridized carbons (Fsp3) is 0.600. The maximum absolute atomic E-state index is 12.6. The van der Waals surface area contributed by atoms with Gasteiger partial charge >= 0.3 is 0 Å². The second-order valence-electron chi connectivity index (χ2n) is 7.30. The van der Waals surface area contributed by atoms with Crippen LogP contribution >= 0.6 is 11.6 Å². The van der Waals surface area contributed by atoms with Crippen molar-refractivity contribution in [2.75, 3.05) is 45.9 Å². The van der Waals surface area contributed by atoms with Crippen molar-refractivity contribution in [3.8, 4) is 0 Å². The molecule has 2 aliphatic rings. The lowest BCUT2D eigenvalue weighted by molar-refractivity contribution is -0.141. The Bertz CT molecular complexity index is 656. The average molecular weight is 394 g/mol. The second kappa shape index (κ2) is 9.53. The van der Waals surface area contributed by atoms with E-state index < -0.39 is 0 Å². The molecule has 0 saturated carbocycles. The Morgan fingerprint density at radius 1 is 1.19 bits per heavy atom. The molecule has 2 saturated heterocycles. The Morgan fingerprint density at radius 3 is 2.52 bits per heavy atom. The number of piperidine rings is 1. The number of nitrogens with zero attached hydrogens (tertiary/aromatic N) is 2. The number of rotatable bonds is 5. The van der Waals surface area contributed by atoms with E-state index in [-0.39, 0.29) is 23.8 Å². The van der Waals surface area contributed by atoms with E-state index in [1.807, 2.05) is 36.1 Å². The number of ether oxygens (including phenoxy) is 1. The molecule has 7 heteroatoms. The zero-order valence-corrected chi connectivity index (χ0v) is 16.6. The Balaban J connectivity index is 1.42. The van der Waals surface area contributed by atoms with Gasteiger partial charge < -0.3 is 15.0 Å². The molecule has 0 aliphatic carbocycles. The molecule has 2 heterocycles. The van der Waals surface area contributed by atoms with Gasteiger partial charge in [0.25, 0.3) is 0 Å². The van der Waals surface area contributed by atoms with Crippen molar-refractivity contribution in [2.24, 2.45) is 5.92 Å². The predicted octanol–water partition coefficient (Wildman–Crippen LogP) is 2.09. The standard InChI is InChI=1S/C20H28ClN3O3/c1-15(17-4-2-3-5-18(17)21)22-19(25)14-23-8-6-16(7-9-23)20(26)24-10-12-27-13-11-24/h2-5,15-16H,6-14H2,1H3,(H,22,25). The van der Waals surface area contributed by atoms with Crippen LogP contribution in [0, 0.1) is 5.92 Å². The number of morpholine rings is 1. The van der Waals surface area contributed by atoms with E-state index in [4.69, 9.17) is 16.3 Å². The lowest BCUT2D eigenvalue weighted by Crippen LogP contribution is -2.48. The molecule has 0 spiro atoms. The number of hydrogen-bond donors (Lipinski definition) is 1. The molecule has 1 aromatic rings. The van der Waals surface area contributed by atoms with Crippen molar-refractivity contribution in [1.29, 1.82) is 0 Å². The largest absolute Gasteiger partial charge is 0.378 e. The number of benzene rings is 1. The van der Waals surface area contributed by atoms with Crippen LogP contribution in [0.5, 0.6) is 0 Å². The van der Waals surface area contributed by atoms with E-state index in [0.29, 0.717) is 37.9 Å². The summed E-state index contributed by atoms with van der Waals surface area (Å²) in [5.74, 6) is 0.305. The number of likely N-dealkylation sites (tertiary alicyclic amines) is 1. The molecule has 0 aromatic heterocycles. The first-order valence-corrected chi connectivity index (χ1v) is 10.0. The molecule has 1 atom stereocenters. The molecule has 0 bridgehead atoms. The van der Waals surface area contributed by atoms with Gasteiger partial charge in [0.05, 0.1) is 25.8 Å². The summed E-state index contributed by atoms with van der Waals surface area (Å²) in [7, 11) is 0. The van der Waals surface area contributed by atoms with Gasteiger partial charge in [0.2, 0.25) is 11.8 Å². The number of amides is 2. The van der Waals surface area contributed by atoms with Gasteiger partial charge in [0.1, 0.15) is 0 Å². The highest BCUT2D eigenvalue weighted by Gasteiger charge is 2.30. The number of halogens is 1. The van der Waals surface area contributed by atoms with Crippen molar-refractivity contribution >= 4 is 23.4 Å². The van der Waals surface area contributed by atoms with E-state index in [1.165, 1.54) is 0 Å². The molecule has 1 N–H and O–H groups in total. The van der Waals surface area contributed by atoms with Gasteiger partial charge in [-0.25, -0.2) is 0 Å². The summed E-state index contributed by atoms with van der Waals surface area (Å²) >= 11 is 6.20. The summed E-state index contributed by atoms with van der Waals surface area (Å²) in [5, 5.41) is 3.68. The summed E-state index contributed by atoms with van der Waals surface area (Å²) < 4.78 is 5.31. The maximum atomic E-state index is 12.6. The Hall–Kier alpha value is -1.63. The molecule has 2 aliphatic heterocycles. The minimum Gasteiger partial charge on any atom is -0.378 e. The molecule has 6 nitrogen and oxygen atoms in total. The zero-order chi connectivity index (χ0) is 19.2. The van der Waals surface area contributed by atoms with Crippen LogP contribution in [-0.4, -0.2) is 67.6 Å².